The molecule has 0 heterocycles. The zero-order valence-electron chi connectivity index (χ0n) is 12.9. The Labute approximate surface area is 121 Å². The second kappa shape index (κ2) is 8.59. The van der Waals surface area contributed by atoms with E-state index >= 15 is 0 Å². The van der Waals surface area contributed by atoms with Crippen LogP contribution < -0.4 is 15.4 Å². The van der Waals surface area contributed by atoms with E-state index < -0.39 is 0 Å². The summed E-state index contributed by atoms with van der Waals surface area (Å²) in [5.74, 6) is 1.23. The number of ether oxygens (including phenoxy) is 1. The molecule has 0 spiro atoms. The summed E-state index contributed by atoms with van der Waals surface area (Å²) in [6.07, 6.45) is 0. The Bertz CT molecular complexity index is 419. The number of benzene rings is 1. The van der Waals surface area contributed by atoms with E-state index in [-0.39, 0.29) is 11.8 Å². The highest BCUT2D eigenvalue weighted by atomic mass is 16.5. The number of carbonyl (C=O) groups excluding carboxylic acids is 1. The molecule has 0 aliphatic rings. The summed E-state index contributed by atoms with van der Waals surface area (Å²) in [6, 6.07) is 7.53. The van der Waals surface area contributed by atoms with Crippen LogP contribution in [0.3, 0.4) is 0 Å². The molecule has 2 N–H and O–H groups in total. The summed E-state index contributed by atoms with van der Waals surface area (Å²) in [6.45, 7) is 10.4. The number of amides is 1. The normalized spacial score (nSPS) is 12.2. The highest BCUT2D eigenvalue weighted by molar-refractivity contribution is 5.92. The van der Waals surface area contributed by atoms with Gasteiger partial charge in [-0.15, -0.1) is 0 Å². The van der Waals surface area contributed by atoms with Crippen LogP contribution in [0.25, 0.3) is 0 Å². The Kier molecular flexibility index (Phi) is 7.09. The number of hydrogen-bond acceptors (Lipinski definition) is 3. The minimum Gasteiger partial charge on any atom is -0.493 e. The van der Waals surface area contributed by atoms with Crippen LogP contribution in [0.2, 0.25) is 0 Å². The van der Waals surface area contributed by atoms with Crippen LogP contribution in [0.4, 0.5) is 5.69 Å². The SMILES string of the molecule is CCNCC(C)C(=O)Nc1cccc(OCC(C)C)c1. The molecule has 0 saturated heterocycles. The van der Waals surface area contributed by atoms with Crippen molar-refractivity contribution in [3.63, 3.8) is 0 Å². The number of anilines is 1. The lowest BCUT2D eigenvalue weighted by molar-refractivity contribution is -0.119. The van der Waals surface area contributed by atoms with E-state index in [1.165, 1.54) is 0 Å². The van der Waals surface area contributed by atoms with Crippen molar-refractivity contribution < 1.29 is 9.53 Å². The molecule has 4 nitrogen and oxygen atoms in total. The fourth-order valence-electron chi connectivity index (χ4n) is 1.65. The molecule has 0 bridgehead atoms. The van der Waals surface area contributed by atoms with Crippen LogP contribution in [-0.4, -0.2) is 25.6 Å². The maximum absolute atomic E-state index is 12.0. The van der Waals surface area contributed by atoms with Gasteiger partial charge in [0.15, 0.2) is 0 Å². The first-order valence-corrected chi connectivity index (χ1v) is 7.27. The fraction of sp³-hybridized carbons (Fsp3) is 0.562. The predicted octanol–water partition coefficient (Wildman–Crippen LogP) is 2.91. The van der Waals surface area contributed by atoms with Crippen molar-refractivity contribution in [3.05, 3.63) is 24.3 Å². The summed E-state index contributed by atoms with van der Waals surface area (Å²) < 4.78 is 5.65. The zero-order chi connectivity index (χ0) is 15.0. The second-order valence-electron chi connectivity index (χ2n) is 5.43. The van der Waals surface area contributed by atoms with E-state index in [0.717, 1.165) is 18.0 Å². The summed E-state index contributed by atoms with van der Waals surface area (Å²) in [4.78, 5) is 12.0. The quantitative estimate of drug-likeness (QED) is 0.768. The van der Waals surface area contributed by atoms with Gasteiger partial charge in [0.2, 0.25) is 5.91 Å². The third-order valence-corrected chi connectivity index (χ3v) is 2.83. The van der Waals surface area contributed by atoms with Crippen molar-refractivity contribution in [1.82, 2.24) is 5.32 Å². The van der Waals surface area contributed by atoms with Gasteiger partial charge in [-0.05, 0) is 24.6 Å². The van der Waals surface area contributed by atoms with Crippen molar-refractivity contribution in [2.75, 3.05) is 25.0 Å². The van der Waals surface area contributed by atoms with Gasteiger partial charge >= 0.3 is 0 Å². The summed E-state index contributed by atoms with van der Waals surface area (Å²) in [5, 5.41) is 6.09. The van der Waals surface area contributed by atoms with Crippen LogP contribution in [0, 0.1) is 11.8 Å². The Hall–Kier alpha value is -1.55. The highest BCUT2D eigenvalue weighted by Crippen LogP contribution is 2.18. The predicted molar refractivity (Wildman–Crippen MR) is 83.1 cm³/mol. The Morgan fingerprint density at radius 2 is 2.05 bits per heavy atom. The lowest BCUT2D eigenvalue weighted by atomic mass is 10.1. The smallest absolute Gasteiger partial charge is 0.228 e. The number of nitrogens with one attached hydrogen (secondary N) is 2. The molecule has 0 radical (unpaired) electrons. The molecule has 4 heteroatoms. The van der Waals surface area contributed by atoms with Crippen molar-refractivity contribution in [2.45, 2.75) is 27.7 Å². The molecule has 1 atom stereocenters. The Balaban J connectivity index is 2.54. The number of rotatable bonds is 8. The molecule has 0 aliphatic carbocycles. The van der Waals surface area contributed by atoms with Gasteiger partial charge in [-0.25, -0.2) is 0 Å². The molecule has 1 aromatic carbocycles. The molecule has 20 heavy (non-hydrogen) atoms. The van der Waals surface area contributed by atoms with Crippen LogP contribution in [0.5, 0.6) is 5.75 Å². The molecular formula is C16H26N2O2. The monoisotopic (exact) mass is 278 g/mol. The lowest BCUT2D eigenvalue weighted by Gasteiger charge is -2.14. The summed E-state index contributed by atoms with van der Waals surface area (Å²) in [7, 11) is 0. The molecule has 0 saturated carbocycles. The van der Waals surface area contributed by atoms with Gasteiger partial charge in [-0.2, -0.15) is 0 Å². The van der Waals surface area contributed by atoms with Gasteiger partial charge in [0.25, 0.3) is 0 Å². The van der Waals surface area contributed by atoms with E-state index in [1.807, 2.05) is 38.1 Å². The first kappa shape index (κ1) is 16.5. The average Bonchev–Trinajstić information content (AvgIpc) is 2.42. The van der Waals surface area contributed by atoms with E-state index in [0.29, 0.717) is 19.1 Å². The van der Waals surface area contributed by atoms with E-state index in [4.69, 9.17) is 4.74 Å². The molecule has 1 unspecified atom stereocenters. The third kappa shape index (κ3) is 6.06. The van der Waals surface area contributed by atoms with Crippen LogP contribution in [-0.2, 0) is 4.79 Å². The molecule has 1 aromatic rings. The molecule has 1 amide bonds. The van der Waals surface area contributed by atoms with E-state index in [9.17, 15) is 4.79 Å². The summed E-state index contributed by atoms with van der Waals surface area (Å²) in [5.41, 5.74) is 0.777. The van der Waals surface area contributed by atoms with Crippen molar-refractivity contribution in [2.24, 2.45) is 11.8 Å². The molecular weight excluding hydrogens is 252 g/mol. The lowest BCUT2D eigenvalue weighted by Crippen LogP contribution is -2.30. The fourth-order valence-corrected chi connectivity index (χ4v) is 1.65. The first-order chi connectivity index (χ1) is 9.52. The van der Waals surface area contributed by atoms with Crippen molar-refractivity contribution in [3.8, 4) is 5.75 Å². The standard InChI is InChI=1S/C16H26N2O2/c1-5-17-10-13(4)16(19)18-14-7-6-8-15(9-14)20-11-12(2)3/h6-9,12-13,17H,5,10-11H2,1-4H3,(H,18,19). The number of carbonyl (C=O) groups is 1. The number of hydrogen-bond donors (Lipinski definition) is 2. The molecule has 0 fully saturated rings. The minimum absolute atomic E-state index is 0.0203. The van der Waals surface area contributed by atoms with E-state index in [2.05, 4.69) is 24.5 Å². The van der Waals surface area contributed by atoms with Crippen LogP contribution in [0.1, 0.15) is 27.7 Å². The minimum atomic E-state index is -0.0600. The largest absolute Gasteiger partial charge is 0.493 e. The van der Waals surface area contributed by atoms with Gasteiger partial charge in [-0.1, -0.05) is 33.8 Å². The maximum Gasteiger partial charge on any atom is 0.228 e. The van der Waals surface area contributed by atoms with Crippen molar-refractivity contribution >= 4 is 11.6 Å². The van der Waals surface area contributed by atoms with Crippen LogP contribution >= 0.6 is 0 Å². The molecule has 0 aromatic heterocycles. The molecule has 112 valence electrons. The van der Waals surface area contributed by atoms with E-state index in [1.54, 1.807) is 0 Å². The second-order valence-corrected chi connectivity index (χ2v) is 5.43. The molecule has 0 aliphatic heterocycles. The molecule has 1 rings (SSSR count). The first-order valence-electron chi connectivity index (χ1n) is 7.27. The third-order valence-electron chi connectivity index (χ3n) is 2.83. The van der Waals surface area contributed by atoms with Gasteiger partial charge in [0.1, 0.15) is 5.75 Å². The average molecular weight is 278 g/mol. The Morgan fingerprint density at radius 3 is 2.70 bits per heavy atom. The highest BCUT2D eigenvalue weighted by Gasteiger charge is 2.12. The summed E-state index contributed by atoms with van der Waals surface area (Å²) >= 11 is 0. The van der Waals surface area contributed by atoms with Gasteiger partial charge in [0, 0.05) is 24.2 Å². The topological polar surface area (TPSA) is 50.4 Å². The van der Waals surface area contributed by atoms with Gasteiger partial charge in [-0.3, -0.25) is 4.79 Å². The van der Waals surface area contributed by atoms with Gasteiger partial charge in [0.05, 0.1) is 6.61 Å². The Morgan fingerprint density at radius 1 is 1.30 bits per heavy atom. The van der Waals surface area contributed by atoms with Gasteiger partial charge < -0.3 is 15.4 Å². The maximum atomic E-state index is 12.0. The van der Waals surface area contributed by atoms with Crippen LogP contribution in [0.15, 0.2) is 24.3 Å². The zero-order valence-corrected chi connectivity index (χ0v) is 12.9. The van der Waals surface area contributed by atoms with Crippen molar-refractivity contribution in [1.29, 1.82) is 0 Å².